The number of hydrogen-bond donors (Lipinski definition) is 1. The van der Waals surface area contributed by atoms with Gasteiger partial charge in [-0.3, -0.25) is 9.59 Å². The number of fused-ring (bicyclic) bond motifs is 2. The van der Waals surface area contributed by atoms with Gasteiger partial charge in [0.25, 0.3) is 5.91 Å². The Kier molecular flexibility index (Phi) is 5.38. The van der Waals surface area contributed by atoms with E-state index in [9.17, 15) is 18.0 Å². The van der Waals surface area contributed by atoms with Gasteiger partial charge in [-0.15, -0.1) is 0 Å². The van der Waals surface area contributed by atoms with E-state index < -0.39 is 10.0 Å². The number of anilines is 1. The topological polar surface area (TPSA) is 96.0 Å². The van der Waals surface area contributed by atoms with Gasteiger partial charge < -0.3 is 15.0 Å². The van der Waals surface area contributed by atoms with E-state index in [1.165, 1.54) is 22.0 Å². The molecule has 1 N–H and O–H groups in total. The third kappa shape index (κ3) is 3.86. The Morgan fingerprint density at radius 2 is 1.91 bits per heavy atom. The van der Waals surface area contributed by atoms with Crippen LogP contribution in [0.5, 0.6) is 5.75 Å². The minimum Gasteiger partial charge on any atom is -0.482 e. The SMILES string of the molecule is O=C1COc2ccc(S(=O)(=O)N3CCC[C@@H](C(=O)N4CCc5ccccc5C4)C3)cc2N1. The molecular formula is C23H25N3O5S. The van der Waals surface area contributed by atoms with Crippen molar-refractivity contribution in [1.29, 1.82) is 0 Å². The molecule has 0 unspecified atom stereocenters. The average Bonchev–Trinajstić information content (AvgIpc) is 2.82. The van der Waals surface area contributed by atoms with E-state index in [0.717, 1.165) is 12.0 Å². The number of carbonyl (C=O) groups excluding carboxylic acids is 2. The zero-order valence-electron chi connectivity index (χ0n) is 17.6. The molecule has 0 aromatic heterocycles. The van der Waals surface area contributed by atoms with Crippen LogP contribution in [0.15, 0.2) is 47.4 Å². The molecule has 2 aromatic carbocycles. The molecule has 0 saturated carbocycles. The fraction of sp³-hybridized carbons (Fsp3) is 0.391. The minimum absolute atomic E-state index is 0.0190. The number of carbonyl (C=O) groups is 2. The van der Waals surface area contributed by atoms with Gasteiger partial charge in [-0.1, -0.05) is 24.3 Å². The summed E-state index contributed by atoms with van der Waals surface area (Å²) < 4.78 is 33.3. The largest absolute Gasteiger partial charge is 0.482 e. The smallest absolute Gasteiger partial charge is 0.262 e. The molecule has 8 nitrogen and oxygen atoms in total. The summed E-state index contributed by atoms with van der Waals surface area (Å²) in [5.74, 6) is -0.214. The molecule has 1 atom stereocenters. The van der Waals surface area contributed by atoms with Crippen molar-refractivity contribution in [3.63, 3.8) is 0 Å². The second kappa shape index (κ2) is 8.22. The standard InChI is InChI=1S/C23H25N3O5S/c27-22-15-31-21-8-7-19(12-20(21)24-22)32(29,30)26-10-3-6-18(14-26)23(28)25-11-9-16-4-1-2-5-17(16)13-25/h1-2,4-5,7-8,12,18H,3,6,9-11,13-15H2,(H,24,27)/t18-/m1/s1. The number of amides is 2. The van der Waals surface area contributed by atoms with Gasteiger partial charge in [-0.25, -0.2) is 8.42 Å². The molecule has 1 saturated heterocycles. The van der Waals surface area contributed by atoms with Crippen LogP contribution >= 0.6 is 0 Å². The maximum atomic E-state index is 13.3. The highest BCUT2D eigenvalue weighted by Crippen LogP contribution is 2.33. The predicted molar refractivity (Wildman–Crippen MR) is 118 cm³/mol. The molecule has 0 bridgehead atoms. The number of hydrogen-bond acceptors (Lipinski definition) is 5. The monoisotopic (exact) mass is 455 g/mol. The summed E-state index contributed by atoms with van der Waals surface area (Å²) in [5.41, 5.74) is 2.78. The number of nitrogens with one attached hydrogen (secondary N) is 1. The van der Waals surface area contributed by atoms with Crippen LogP contribution < -0.4 is 10.1 Å². The van der Waals surface area contributed by atoms with E-state index in [-0.39, 0.29) is 35.8 Å². The van der Waals surface area contributed by atoms with Crippen LogP contribution in [0.1, 0.15) is 24.0 Å². The third-order valence-electron chi connectivity index (χ3n) is 6.40. The Labute approximate surface area is 187 Å². The molecule has 3 heterocycles. The first-order valence-electron chi connectivity index (χ1n) is 10.8. The first kappa shape index (κ1) is 21.0. The highest BCUT2D eigenvalue weighted by Gasteiger charge is 2.36. The molecule has 0 spiro atoms. The lowest BCUT2D eigenvalue weighted by Gasteiger charge is -2.36. The van der Waals surface area contributed by atoms with Crippen molar-refractivity contribution in [2.45, 2.75) is 30.7 Å². The summed E-state index contributed by atoms with van der Waals surface area (Å²) in [6.07, 6.45) is 2.13. The van der Waals surface area contributed by atoms with E-state index in [1.807, 2.05) is 23.1 Å². The fourth-order valence-corrected chi connectivity index (χ4v) is 6.23. The van der Waals surface area contributed by atoms with Gasteiger partial charge in [0.15, 0.2) is 6.61 Å². The highest BCUT2D eigenvalue weighted by atomic mass is 32.2. The molecule has 168 valence electrons. The molecule has 2 amide bonds. The zero-order chi connectivity index (χ0) is 22.3. The summed E-state index contributed by atoms with van der Waals surface area (Å²) in [5, 5.41) is 2.65. The van der Waals surface area contributed by atoms with E-state index in [1.54, 1.807) is 6.07 Å². The first-order chi connectivity index (χ1) is 15.4. The molecule has 9 heteroatoms. The van der Waals surface area contributed by atoms with Crippen molar-refractivity contribution in [2.75, 3.05) is 31.6 Å². The normalized spacial score (nSPS) is 21.2. The number of benzene rings is 2. The summed E-state index contributed by atoms with van der Waals surface area (Å²) in [6.45, 7) is 1.68. The number of sulfonamides is 1. The molecule has 3 aliphatic heterocycles. The van der Waals surface area contributed by atoms with Crippen LogP contribution in [0.25, 0.3) is 0 Å². The lowest BCUT2D eigenvalue weighted by Crippen LogP contribution is -2.47. The van der Waals surface area contributed by atoms with E-state index in [4.69, 9.17) is 4.74 Å². The van der Waals surface area contributed by atoms with Crippen molar-refractivity contribution < 1.29 is 22.7 Å². The summed E-state index contributed by atoms with van der Waals surface area (Å²) in [4.78, 5) is 26.8. The van der Waals surface area contributed by atoms with E-state index >= 15 is 0 Å². The Balaban J connectivity index is 1.32. The molecule has 3 aliphatic rings. The van der Waals surface area contributed by atoms with Crippen LogP contribution in [0, 0.1) is 5.92 Å². The van der Waals surface area contributed by atoms with Gasteiger partial charge in [-0.05, 0) is 48.6 Å². The van der Waals surface area contributed by atoms with Crippen molar-refractivity contribution in [1.82, 2.24) is 9.21 Å². The maximum Gasteiger partial charge on any atom is 0.262 e. The molecule has 5 rings (SSSR count). The fourth-order valence-electron chi connectivity index (χ4n) is 4.68. The molecule has 2 aromatic rings. The lowest BCUT2D eigenvalue weighted by molar-refractivity contribution is -0.137. The number of nitrogens with zero attached hydrogens (tertiary/aromatic N) is 2. The van der Waals surface area contributed by atoms with Gasteiger partial charge in [0.2, 0.25) is 15.9 Å². The van der Waals surface area contributed by atoms with Gasteiger partial charge in [0.05, 0.1) is 16.5 Å². The maximum absolute atomic E-state index is 13.3. The lowest BCUT2D eigenvalue weighted by atomic mass is 9.95. The van der Waals surface area contributed by atoms with Crippen LogP contribution in [0.2, 0.25) is 0 Å². The van der Waals surface area contributed by atoms with Gasteiger partial charge >= 0.3 is 0 Å². The van der Waals surface area contributed by atoms with Crippen LogP contribution in [-0.4, -0.2) is 55.7 Å². The Morgan fingerprint density at radius 3 is 2.75 bits per heavy atom. The number of piperidine rings is 1. The summed E-state index contributed by atoms with van der Waals surface area (Å²) >= 11 is 0. The van der Waals surface area contributed by atoms with Crippen molar-refractivity contribution in [3.05, 3.63) is 53.6 Å². The highest BCUT2D eigenvalue weighted by molar-refractivity contribution is 7.89. The first-order valence-corrected chi connectivity index (χ1v) is 12.3. The van der Waals surface area contributed by atoms with Crippen molar-refractivity contribution in [3.8, 4) is 5.75 Å². The minimum atomic E-state index is -3.80. The van der Waals surface area contributed by atoms with Gasteiger partial charge in [0, 0.05) is 26.2 Å². The van der Waals surface area contributed by atoms with Crippen LogP contribution in [-0.2, 0) is 32.6 Å². The number of ether oxygens (including phenoxy) is 1. The molecule has 0 aliphatic carbocycles. The number of rotatable bonds is 3. The second-order valence-corrected chi connectivity index (χ2v) is 10.4. The predicted octanol–water partition coefficient (Wildman–Crippen LogP) is 2.00. The molecular weight excluding hydrogens is 430 g/mol. The average molecular weight is 456 g/mol. The quantitative estimate of drug-likeness (QED) is 0.764. The Bertz CT molecular complexity index is 1180. The van der Waals surface area contributed by atoms with Crippen molar-refractivity contribution >= 4 is 27.5 Å². The van der Waals surface area contributed by atoms with Gasteiger partial charge in [-0.2, -0.15) is 4.31 Å². The zero-order valence-corrected chi connectivity index (χ0v) is 18.4. The summed E-state index contributed by atoms with van der Waals surface area (Å²) in [6, 6.07) is 12.6. The second-order valence-electron chi connectivity index (χ2n) is 8.48. The van der Waals surface area contributed by atoms with Crippen LogP contribution in [0.3, 0.4) is 0 Å². The van der Waals surface area contributed by atoms with E-state index in [2.05, 4.69) is 11.4 Å². The molecule has 32 heavy (non-hydrogen) atoms. The van der Waals surface area contributed by atoms with E-state index in [0.29, 0.717) is 43.9 Å². The van der Waals surface area contributed by atoms with Crippen molar-refractivity contribution in [2.24, 2.45) is 5.92 Å². The van der Waals surface area contributed by atoms with Gasteiger partial charge in [0.1, 0.15) is 5.75 Å². The summed E-state index contributed by atoms with van der Waals surface area (Å²) in [7, 11) is -3.80. The molecule has 1 fully saturated rings. The van der Waals surface area contributed by atoms with Crippen LogP contribution in [0.4, 0.5) is 5.69 Å². The Morgan fingerprint density at radius 1 is 1.09 bits per heavy atom. The Hall–Kier alpha value is -2.91. The third-order valence-corrected chi connectivity index (χ3v) is 8.26. The molecule has 0 radical (unpaired) electrons.